The van der Waals surface area contributed by atoms with E-state index in [2.05, 4.69) is 29.8 Å². The van der Waals surface area contributed by atoms with Gasteiger partial charge in [-0.25, -0.2) is 4.99 Å². The fourth-order valence-electron chi connectivity index (χ4n) is 1.13. The molecule has 0 saturated heterocycles. The lowest BCUT2D eigenvalue weighted by molar-refractivity contribution is 0.473. The zero-order valence-corrected chi connectivity index (χ0v) is 6.67. The van der Waals surface area contributed by atoms with Crippen molar-refractivity contribution in [3.05, 3.63) is 12.3 Å². The van der Waals surface area contributed by atoms with Crippen molar-refractivity contribution < 1.29 is 0 Å². The second kappa shape index (κ2) is 3.40. The van der Waals surface area contributed by atoms with Gasteiger partial charge in [0.25, 0.3) is 0 Å². The third-order valence-electron chi connectivity index (χ3n) is 1.72. The largest absolute Gasteiger partial charge is 0.357 e. The first-order valence-corrected chi connectivity index (χ1v) is 3.85. The van der Waals surface area contributed by atoms with Crippen molar-refractivity contribution in [3.63, 3.8) is 0 Å². The summed E-state index contributed by atoms with van der Waals surface area (Å²) in [4.78, 5) is 6.54. The Morgan fingerprint density at radius 2 is 2.40 bits per heavy atom. The molecule has 0 bridgehead atoms. The van der Waals surface area contributed by atoms with Gasteiger partial charge in [0.05, 0.1) is 0 Å². The highest BCUT2D eigenvalue weighted by molar-refractivity contribution is 5.83. The number of amidine groups is 1. The summed E-state index contributed by atoms with van der Waals surface area (Å²) in [6.45, 7) is 6.39. The van der Waals surface area contributed by atoms with Crippen LogP contribution in [0.3, 0.4) is 0 Å². The average Bonchev–Trinajstić information content (AvgIpc) is 2.04. The quantitative estimate of drug-likeness (QED) is 0.566. The molecule has 0 saturated carbocycles. The maximum Gasteiger partial charge on any atom is 0.104 e. The van der Waals surface area contributed by atoms with Gasteiger partial charge in [0.15, 0.2) is 0 Å². The summed E-state index contributed by atoms with van der Waals surface area (Å²) in [6, 6.07) is 0. The normalized spacial score (nSPS) is 17.4. The van der Waals surface area contributed by atoms with Crippen LogP contribution in [0.25, 0.3) is 0 Å². The van der Waals surface area contributed by atoms with E-state index in [1.54, 1.807) is 0 Å². The van der Waals surface area contributed by atoms with E-state index in [1.807, 2.05) is 6.20 Å². The van der Waals surface area contributed by atoms with Crippen molar-refractivity contribution in [1.29, 1.82) is 0 Å². The van der Waals surface area contributed by atoms with Crippen LogP contribution < -0.4 is 0 Å². The second-order valence-corrected chi connectivity index (χ2v) is 2.32. The van der Waals surface area contributed by atoms with Crippen molar-refractivity contribution in [2.75, 3.05) is 13.1 Å². The third-order valence-corrected chi connectivity index (χ3v) is 1.72. The fourth-order valence-corrected chi connectivity index (χ4v) is 1.13. The Kier molecular flexibility index (Phi) is 2.49. The first-order chi connectivity index (χ1) is 4.88. The number of aliphatic imine (C=N–C) groups is 1. The predicted molar refractivity (Wildman–Crippen MR) is 44.1 cm³/mol. The monoisotopic (exact) mass is 138 g/mol. The van der Waals surface area contributed by atoms with Gasteiger partial charge >= 0.3 is 0 Å². The molecule has 0 unspecified atom stereocenters. The smallest absolute Gasteiger partial charge is 0.104 e. The SMILES string of the molecule is CCC1=NC=CCN1CC. The molecule has 0 aromatic rings. The Hall–Kier alpha value is -0.790. The summed E-state index contributed by atoms with van der Waals surface area (Å²) in [5.74, 6) is 1.21. The minimum Gasteiger partial charge on any atom is -0.357 e. The minimum atomic E-state index is 1.03. The standard InChI is InChI=1S/C8H14N2/c1-3-8-9-6-5-7-10(8)4-2/h5-6H,3-4,7H2,1-2H3. The molecule has 0 atom stereocenters. The highest BCUT2D eigenvalue weighted by atomic mass is 15.2. The van der Waals surface area contributed by atoms with E-state index in [1.165, 1.54) is 5.84 Å². The van der Waals surface area contributed by atoms with Crippen molar-refractivity contribution in [3.8, 4) is 0 Å². The summed E-state index contributed by atoms with van der Waals surface area (Å²) < 4.78 is 0. The molecule has 0 radical (unpaired) electrons. The van der Waals surface area contributed by atoms with Crippen molar-refractivity contribution in [1.82, 2.24) is 4.90 Å². The summed E-state index contributed by atoms with van der Waals surface area (Å²) in [6.07, 6.45) is 5.02. The van der Waals surface area contributed by atoms with Gasteiger partial charge < -0.3 is 4.90 Å². The zero-order valence-electron chi connectivity index (χ0n) is 6.67. The molecule has 1 rings (SSSR count). The van der Waals surface area contributed by atoms with Crippen LogP contribution in [-0.2, 0) is 0 Å². The van der Waals surface area contributed by atoms with Crippen LogP contribution in [0, 0.1) is 0 Å². The van der Waals surface area contributed by atoms with E-state index in [0.717, 1.165) is 19.5 Å². The van der Waals surface area contributed by atoms with Crippen molar-refractivity contribution >= 4 is 5.84 Å². The van der Waals surface area contributed by atoms with Gasteiger partial charge in [-0.2, -0.15) is 0 Å². The van der Waals surface area contributed by atoms with Crippen LogP contribution in [-0.4, -0.2) is 23.8 Å². The minimum absolute atomic E-state index is 1.03. The van der Waals surface area contributed by atoms with E-state index < -0.39 is 0 Å². The summed E-state index contributed by atoms with van der Waals surface area (Å²) in [5, 5.41) is 0. The first-order valence-electron chi connectivity index (χ1n) is 3.85. The van der Waals surface area contributed by atoms with E-state index in [9.17, 15) is 0 Å². The summed E-state index contributed by atoms with van der Waals surface area (Å²) in [7, 11) is 0. The van der Waals surface area contributed by atoms with Crippen LogP contribution in [0.15, 0.2) is 17.3 Å². The molecule has 0 amide bonds. The maximum atomic E-state index is 4.26. The van der Waals surface area contributed by atoms with Crippen molar-refractivity contribution in [2.45, 2.75) is 20.3 Å². The highest BCUT2D eigenvalue weighted by Crippen LogP contribution is 2.02. The number of hydrogen-bond acceptors (Lipinski definition) is 2. The lowest BCUT2D eigenvalue weighted by Crippen LogP contribution is -2.31. The molecule has 1 heterocycles. The molecule has 1 aliphatic heterocycles. The molecule has 0 aliphatic carbocycles. The van der Waals surface area contributed by atoms with Gasteiger partial charge in [-0.15, -0.1) is 0 Å². The fraction of sp³-hybridized carbons (Fsp3) is 0.625. The Labute approximate surface area is 62.3 Å². The van der Waals surface area contributed by atoms with Gasteiger partial charge in [0.1, 0.15) is 5.84 Å². The van der Waals surface area contributed by atoms with Gasteiger partial charge in [-0.1, -0.05) is 6.92 Å². The molecule has 56 valence electrons. The number of likely N-dealkylation sites (N-methyl/N-ethyl adjacent to an activating group) is 1. The predicted octanol–water partition coefficient (Wildman–Crippen LogP) is 1.64. The summed E-state index contributed by atoms with van der Waals surface area (Å²) >= 11 is 0. The Balaban J connectivity index is 2.61. The van der Waals surface area contributed by atoms with E-state index in [-0.39, 0.29) is 0 Å². The first kappa shape index (κ1) is 7.32. The van der Waals surface area contributed by atoms with Gasteiger partial charge in [-0.05, 0) is 13.0 Å². The van der Waals surface area contributed by atoms with Gasteiger partial charge in [0, 0.05) is 25.7 Å². The van der Waals surface area contributed by atoms with Crippen LogP contribution in [0.5, 0.6) is 0 Å². The topological polar surface area (TPSA) is 15.6 Å². The zero-order chi connectivity index (χ0) is 7.40. The van der Waals surface area contributed by atoms with E-state index in [4.69, 9.17) is 0 Å². The molecular weight excluding hydrogens is 124 g/mol. The van der Waals surface area contributed by atoms with E-state index in [0.29, 0.717) is 0 Å². The van der Waals surface area contributed by atoms with Gasteiger partial charge in [-0.3, -0.25) is 0 Å². The Morgan fingerprint density at radius 1 is 1.60 bits per heavy atom. The van der Waals surface area contributed by atoms with Crippen LogP contribution in [0.4, 0.5) is 0 Å². The Bertz CT molecular complexity index is 159. The number of hydrogen-bond donors (Lipinski definition) is 0. The van der Waals surface area contributed by atoms with Crippen LogP contribution in [0.1, 0.15) is 20.3 Å². The van der Waals surface area contributed by atoms with E-state index >= 15 is 0 Å². The van der Waals surface area contributed by atoms with Gasteiger partial charge in [0.2, 0.25) is 0 Å². The average molecular weight is 138 g/mol. The molecule has 10 heavy (non-hydrogen) atoms. The van der Waals surface area contributed by atoms with Crippen LogP contribution >= 0.6 is 0 Å². The molecule has 0 fully saturated rings. The molecular formula is C8H14N2. The molecule has 2 nitrogen and oxygen atoms in total. The summed E-state index contributed by atoms with van der Waals surface area (Å²) in [5.41, 5.74) is 0. The molecule has 2 heteroatoms. The molecule has 0 spiro atoms. The molecule has 0 aromatic heterocycles. The highest BCUT2D eigenvalue weighted by Gasteiger charge is 2.06. The molecule has 1 aliphatic rings. The molecule has 0 aromatic carbocycles. The molecule has 0 N–H and O–H groups in total. The van der Waals surface area contributed by atoms with Crippen molar-refractivity contribution in [2.24, 2.45) is 4.99 Å². The third kappa shape index (κ3) is 1.38. The second-order valence-electron chi connectivity index (χ2n) is 2.32. The maximum absolute atomic E-state index is 4.26. The lowest BCUT2D eigenvalue weighted by Gasteiger charge is -2.24. The van der Waals surface area contributed by atoms with Crippen LogP contribution in [0.2, 0.25) is 0 Å². The Morgan fingerprint density at radius 3 is 2.90 bits per heavy atom. The number of nitrogens with zero attached hydrogens (tertiary/aromatic N) is 2. The lowest BCUT2D eigenvalue weighted by atomic mass is 10.3. The number of rotatable bonds is 2.